The zero-order valence-electron chi connectivity index (χ0n) is 15.9. The molecule has 0 aromatic carbocycles. The van der Waals surface area contributed by atoms with E-state index in [1.807, 2.05) is 45.9 Å². The maximum absolute atomic E-state index is 12.6. The third-order valence-corrected chi connectivity index (χ3v) is 4.93. The molecule has 142 valence electrons. The van der Waals surface area contributed by atoms with Crippen LogP contribution in [0.5, 0.6) is 0 Å². The summed E-state index contributed by atoms with van der Waals surface area (Å²) in [5.74, 6) is 0.579. The molecule has 0 radical (unpaired) electrons. The van der Waals surface area contributed by atoms with Crippen molar-refractivity contribution in [1.29, 1.82) is 0 Å². The van der Waals surface area contributed by atoms with Crippen molar-refractivity contribution in [1.82, 2.24) is 24.5 Å². The molecule has 0 saturated carbocycles. The molecule has 1 N–H and O–H groups in total. The number of halogens is 1. The summed E-state index contributed by atoms with van der Waals surface area (Å²) < 4.78 is 3.59. The SMILES string of the molecule is Cc1cc(NC(=O)C[C@H](C)n2nc(C)c(Cl)c2C)n(Cc2ccncc2)n1. The molecular weight excluding hydrogens is 364 g/mol. The lowest BCUT2D eigenvalue weighted by Gasteiger charge is -2.15. The summed E-state index contributed by atoms with van der Waals surface area (Å²) in [5.41, 5.74) is 3.55. The first-order valence-corrected chi connectivity index (χ1v) is 9.17. The monoisotopic (exact) mass is 386 g/mol. The van der Waals surface area contributed by atoms with Crippen molar-refractivity contribution in [2.24, 2.45) is 0 Å². The van der Waals surface area contributed by atoms with E-state index in [2.05, 4.69) is 20.5 Å². The first kappa shape index (κ1) is 19.1. The number of aryl methyl sites for hydroxylation is 2. The third-order valence-electron chi connectivity index (χ3n) is 4.39. The highest BCUT2D eigenvalue weighted by molar-refractivity contribution is 6.31. The fourth-order valence-electron chi connectivity index (χ4n) is 3.05. The Morgan fingerprint density at radius 2 is 1.93 bits per heavy atom. The standard InChI is InChI=1S/C19H23ClN6O/c1-12-9-17(25(23-12)11-16-5-7-21-8-6-16)22-18(27)10-13(2)26-15(4)19(20)14(3)24-26/h5-9,13H,10-11H2,1-4H3,(H,22,27)/t13-/m0/s1. The second-order valence-electron chi connectivity index (χ2n) is 6.71. The zero-order chi connectivity index (χ0) is 19.6. The molecule has 0 fully saturated rings. The lowest BCUT2D eigenvalue weighted by atomic mass is 10.2. The number of anilines is 1. The topological polar surface area (TPSA) is 77.6 Å². The third kappa shape index (κ3) is 4.36. The molecule has 0 bridgehead atoms. The second kappa shape index (κ2) is 7.92. The fourth-order valence-corrected chi connectivity index (χ4v) is 3.17. The lowest BCUT2D eigenvalue weighted by Crippen LogP contribution is -2.21. The van der Waals surface area contributed by atoms with Crippen LogP contribution in [-0.4, -0.2) is 30.5 Å². The summed E-state index contributed by atoms with van der Waals surface area (Å²) in [6.45, 7) is 8.19. The summed E-state index contributed by atoms with van der Waals surface area (Å²) in [5, 5.41) is 12.5. The average molecular weight is 387 g/mol. The van der Waals surface area contributed by atoms with Crippen LogP contribution in [0.25, 0.3) is 0 Å². The maximum atomic E-state index is 12.6. The maximum Gasteiger partial charge on any atom is 0.227 e. The van der Waals surface area contributed by atoms with Gasteiger partial charge in [0.05, 0.1) is 34.7 Å². The lowest BCUT2D eigenvalue weighted by molar-refractivity contribution is -0.116. The molecule has 1 atom stereocenters. The van der Waals surface area contributed by atoms with Crippen molar-refractivity contribution in [2.45, 2.75) is 46.7 Å². The Balaban J connectivity index is 1.70. The van der Waals surface area contributed by atoms with E-state index in [9.17, 15) is 4.79 Å². The smallest absolute Gasteiger partial charge is 0.227 e. The number of hydrogen-bond acceptors (Lipinski definition) is 4. The Labute approximate surface area is 163 Å². The predicted molar refractivity (Wildman–Crippen MR) is 105 cm³/mol. The first-order valence-electron chi connectivity index (χ1n) is 8.79. The number of aromatic nitrogens is 5. The van der Waals surface area contributed by atoms with Gasteiger partial charge in [0.1, 0.15) is 5.82 Å². The minimum atomic E-state index is -0.103. The zero-order valence-corrected chi connectivity index (χ0v) is 16.7. The molecule has 0 aliphatic carbocycles. The van der Waals surface area contributed by atoms with Crippen LogP contribution in [0.15, 0.2) is 30.6 Å². The van der Waals surface area contributed by atoms with Gasteiger partial charge in [-0.25, -0.2) is 4.68 Å². The quantitative estimate of drug-likeness (QED) is 0.700. The summed E-state index contributed by atoms with van der Waals surface area (Å²) in [4.78, 5) is 16.6. The Morgan fingerprint density at radius 1 is 1.22 bits per heavy atom. The highest BCUT2D eigenvalue weighted by Gasteiger charge is 2.18. The van der Waals surface area contributed by atoms with E-state index in [4.69, 9.17) is 11.6 Å². The molecule has 3 aromatic heterocycles. The van der Waals surface area contributed by atoms with Crippen LogP contribution in [0.4, 0.5) is 5.82 Å². The number of carbonyl (C=O) groups excluding carboxylic acids is 1. The van der Waals surface area contributed by atoms with Crippen molar-refractivity contribution in [3.8, 4) is 0 Å². The van der Waals surface area contributed by atoms with Gasteiger partial charge in [-0.15, -0.1) is 0 Å². The number of nitrogens with zero attached hydrogens (tertiary/aromatic N) is 5. The van der Waals surface area contributed by atoms with Crippen LogP contribution < -0.4 is 5.32 Å². The molecule has 3 rings (SSSR count). The average Bonchev–Trinajstić information content (AvgIpc) is 3.09. The fraction of sp³-hybridized carbons (Fsp3) is 0.368. The number of nitrogens with one attached hydrogen (secondary N) is 1. The summed E-state index contributed by atoms with van der Waals surface area (Å²) >= 11 is 6.21. The molecule has 8 heteroatoms. The van der Waals surface area contributed by atoms with Crippen LogP contribution >= 0.6 is 11.6 Å². The predicted octanol–water partition coefficient (Wildman–Crippen LogP) is 3.69. The Bertz CT molecular complexity index is 947. The second-order valence-corrected chi connectivity index (χ2v) is 7.09. The van der Waals surface area contributed by atoms with Crippen LogP contribution in [0.3, 0.4) is 0 Å². The van der Waals surface area contributed by atoms with Gasteiger partial charge in [0.15, 0.2) is 0 Å². The molecular formula is C19H23ClN6O. The highest BCUT2D eigenvalue weighted by Crippen LogP contribution is 2.24. The van der Waals surface area contributed by atoms with Crippen LogP contribution in [0, 0.1) is 20.8 Å². The number of rotatable bonds is 6. The minimum absolute atomic E-state index is 0.0953. The number of carbonyl (C=O) groups is 1. The molecule has 0 saturated heterocycles. The molecule has 7 nitrogen and oxygen atoms in total. The largest absolute Gasteiger partial charge is 0.311 e. The molecule has 3 aromatic rings. The normalized spacial score (nSPS) is 12.2. The van der Waals surface area contributed by atoms with E-state index in [1.165, 1.54) is 0 Å². The Morgan fingerprint density at radius 3 is 2.56 bits per heavy atom. The highest BCUT2D eigenvalue weighted by atomic mass is 35.5. The van der Waals surface area contributed by atoms with Crippen molar-refractivity contribution < 1.29 is 4.79 Å². The van der Waals surface area contributed by atoms with Crippen LogP contribution in [0.1, 0.15) is 42.0 Å². The van der Waals surface area contributed by atoms with Gasteiger partial charge in [-0.1, -0.05) is 11.6 Å². The van der Waals surface area contributed by atoms with E-state index in [0.717, 1.165) is 22.6 Å². The summed E-state index contributed by atoms with van der Waals surface area (Å²) in [6, 6.07) is 5.62. The van der Waals surface area contributed by atoms with Gasteiger partial charge >= 0.3 is 0 Å². The van der Waals surface area contributed by atoms with Crippen molar-refractivity contribution in [2.75, 3.05) is 5.32 Å². The van der Waals surface area contributed by atoms with Gasteiger partial charge in [0, 0.05) is 24.9 Å². The van der Waals surface area contributed by atoms with E-state index in [0.29, 0.717) is 17.4 Å². The molecule has 1 amide bonds. The van der Waals surface area contributed by atoms with Crippen molar-refractivity contribution in [3.05, 3.63) is 58.3 Å². The van der Waals surface area contributed by atoms with Crippen LogP contribution in [0.2, 0.25) is 5.02 Å². The van der Waals surface area contributed by atoms with Gasteiger partial charge in [0.2, 0.25) is 5.91 Å². The van der Waals surface area contributed by atoms with E-state index in [-0.39, 0.29) is 18.4 Å². The van der Waals surface area contributed by atoms with Gasteiger partial charge in [-0.2, -0.15) is 10.2 Å². The van der Waals surface area contributed by atoms with Gasteiger partial charge in [-0.3, -0.25) is 14.5 Å². The Hall–Kier alpha value is -2.67. The number of amides is 1. The van der Waals surface area contributed by atoms with E-state index in [1.54, 1.807) is 21.8 Å². The molecule has 0 unspecified atom stereocenters. The summed E-state index contributed by atoms with van der Waals surface area (Å²) in [6.07, 6.45) is 3.77. The van der Waals surface area contributed by atoms with Gasteiger partial charge < -0.3 is 5.32 Å². The van der Waals surface area contributed by atoms with E-state index < -0.39 is 0 Å². The first-order chi connectivity index (χ1) is 12.8. The number of pyridine rings is 1. The van der Waals surface area contributed by atoms with Gasteiger partial charge in [0.25, 0.3) is 0 Å². The Kier molecular flexibility index (Phi) is 5.60. The molecule has 0 spiro atoms. The number of hydrogen-bond donors (Lipinski definition) is 1. The molecule has 0 aliphatic rings. The van der Waals surface area contributed by atoms with Crippen LogP contribution in [-0.2, 0) is 11.3 Å². The summed E-state index contributed by atoms with van der Waals surface area (Å²) in [7, 11) is 0. The molecule has 3 heterocycles. The molecule has 0 aliphatic heterocycles. The molecule has 27 heavy (non-hydrogen) atoms. The minimum Gasteiger partial charge on any atom is -0.311 e. The van der Waals surface area contributed by atoms with Crippen molar-refractivity contribution in [3.63, 3.8) is 0 Å². The van der Waals surface area contributed by atoms with E-state index >= 15 is 0 Å². The van der Waals surface area contributed by atoms with Crippen molar-refractivity contribution >= 4 is 23.3 Å². The van der Waals surface area contributed by atoms with Gasteiger partial charge in [-0.05, 0) is 45.4 Å².